The predicted octanol–water partition coefficient (Wildman–Crippen LogP) is 0.459. The quantitative estimate of drug-likeness (QED) is 0.722. The van der Waals surface area contributed by atoms with E-state index in [0.29, 0.717) is 18.4 Å². The lowest BCUT2D eigenvalue weighted by atomic mass is 10.2. The van der Waals surface area contributed by atoms with Gasteiger partial charge in [-0.05, 0) is 12.8 Å². The molecule has 0 aromatic rings. The van der Waals surface area contributed by atoms with Crippen molar-refractivity contribution < 1.29 is 4.79 Å². The number of amides is 1. The van der Waals surface area contributed by atoms with E-state index in [1.165, 1.54) is 0 Å². The van der Waals surface area contributed by atoms with E-state index in [-0.39, 0.29) is 0 Å². The van der Waals surface area contributed by atoms with Crippen LogP contribution in [0.2, 0.25) is 0 Å². The van der Waals surface area contributed by atoms with Crippen molar-refractivity contribution in [1.29, 1.82) is 0 Å². The van der Waals surface area contributed by atoms with Crippen LogP contribution in [-0.2, 0) is 4.79 Å². The molecular formula is C13H23N3O. The van der Waals surface area contributed by atoms with Gasteiger partial charge in [0.15, 0.2) is 0 Å². The van der Waals surface area contributed by atoms with Crippen LogP contribution in [0.25, 0.3) is 0 Å². The third-order valence-corrected chi connectivity index (χ3v) is 3.75. The molecule has 2 saturated heterocycles. The van der Waals surface area contributed by atoms with Gasteiger partial charge in [-0.25, -0.2) is 0 Å². The van der Waals surface area contributed by atoms with E-state index in [9.17, 15) is 4.79 Å². The van der Waals surface area contributed by atoms with Gasteiger partial charge in [-0.3, -0.25) is 9.69 Å². The van der Waals surface area contributed by atoms with Crippen LogP contribution in [0, 0.1) is 0 Å². The first-order valence-electron chi connectivity index (χ1n) is 6.64. The Balaban J connectivity index is 1.78. The van der Waals surface area contributed by atoms with Crippen LogP contribution in [0.4, 0.5) is 0 Å². The average molecular weight is 237 g/mol. The molecule has 0 aromatic heterocycles. The molecule has 2 fully saturated rings. The third-order valence-electron chi connectivity index (χ3n) is 3.75. The zero-order valence-electron chi connectivity index (χ0n) is 10.5. The molecule has 1 atom stereocenters. The van der Waals surface area contributed by atoms with Gasteiger partial charge in [0, 0.05) is 51.7 Å². The van der Waals surface area contributed by atoms with Gasteiger partial charge in [0.1, 0.15) is 0 Å². The number of likely N-dealkylation sites (tertiary alicyclic amines) is 1. The molecule has 1 amide bonds. The standard InChI is InChI=1S/C13H23N3O/c1-2-3-4-13(17)16-8-5-12(11-16)15-9-6-14-7-10-15/h2,12,14H,1,3-11H2. The summed E-state index contributed by atoms with van der Waals surface area (Å²) in [7, 11) is 0. The Labute approximate surface area is 104 Å². The lowest BCUT2D eigenvalue weighted by Crippen LogP contribution is -2.49. The highest BCUT2D eigenvalue weighted by molar-refractivity contribution is 5.76. The summed E-state index contributed by atoms with van der Waals surface area (Å²) in [5, 5.41) is 3.37. The predicted molar refractivity (Wildman–Crippen MR) is 68.9 cm³/mol. The Morgan fingerprint density at radius 3 is 2.82 bits per heavy atom. The first-order valence-corrected chi connectivity index (χ1v) is 6.64. The second kappa shape index (κ2) is 6.17. The molecule has 96 valence electrons. The van der Waals surface area contributed by atoms with Crippen molar-refractivity contribution in [3.8, 4) is 0 Å². The molecule has 0 aromatic carbocycles. The molecule has 4 nitrogen and oxygen atoms in total. The van der Waals surface area contributed by atoms with Gasteiger partial charge in [-0.15, -0.1) is 6.58 Å². The van der Waals surface area contributed by atoms with Crippen LogP contribution in [0.3, 0.4) is 0 Å². The highest BCUT2D eigenvalue weighted by Gasteiger charge is 2.30. The van der Waals surface area contributed by atoms with Gasteiger partial charge in [0.25, 0.3) is 0 Å². The molecule has 1 N–H and O–H groups in total. The Bertz CT molecular complexity index is 274. The van der Waals surface area contributed by atoms with Crippen LogP contribution in [-0.4, -0.2) is 61.0 Å². The zero-order valence-corrected chi connectivity index (χ0v) is 10.5. The summed E-state index contributed by atoms with van der Waals surface area (Å²) in [4.78, 5) is 16.4. The van der Waals surface area contributed by atoms with Crippen molar-refractivity contribution in [3.05, 3.63) is 12.7 Å². The van der Waals surface area contributed by atoms with Gasteiger partial charge in [0.2, 0.25) is 5.91 Å². The third kappa shape index (κ3) is 3.30. The van der Waals surface area contributed by atoms with E-state index in [4.69, 9.17) is 0 Å². The van der Waals surface area contributed by atoms with E-state index in [1.807, 2.05) is 11.0 Å². The molecule has 2 rings (SSSR count). The second-order valence-corrected chi connectivity index (χ2v) is 4.90. The second-order valence-electron chi connectivity index (χ2n) is 4.90. The zero-order chi connectivity index (χ0) is 12.1. The molecule has 4 heteroatoms. The smallest absolute Gasteiger partial charge is 0.222 e. The lowest BCUT2D eigenvalue weighted by molar-refractivity contribution is -0.130. The van der Waals surface area contributed by atoms with Crippen LogP contribution in [0.1, 0.15) is 19.3 Å². The minimum Gasteiger partial charge on any atom is -0.341 e. The number of allylic oxidation sites excluding steroid dienone is 1. The molecule has 17 heavy (non-hydrogen) atoms. The maximum Gasteiger partial charge on any atom is 0.222 e. The minimum absolute atomic E-state index is 0.294. The maximum absolute atomic E-state index is 11.9. The van der Waals surface area contributed by atoms with Crippen molar-refractivity contribution in [2.45, 2.75) is 25.3 Å². The number of rotatable bonds is 4. The van der Waals surface area contributed by atoms with E-state index in [1.54, 1.807) is 0 Å². The van der Waals surface area contributed by atoms with E-state index in [2.05, 4.69) is 16.8 Å². The summed E-state index contributed by atoms with van der Waals surface area (Å²) < 4.78 is 0. The molecule has 0 saturated carbocycles. The molecule has 2 heterocycles. The van der Waals surface area contributed by atoms with Crippen LogP contribution in [0.15, 0.2) is 12.7 Å². The molecule has 1 unspecified atom stereocenters. The number of hydrogen-bond donors (Lipinski definition) is 1. The Hall–Kier alpha value is -0.870. The van der Waals surface area contributed by atoms with Gasteiger partial charge >= 0.3 is 0 Å². The lowest BCUT2D eigenvalue weighted by Gasteiger charge is -2.32. The topological polar surface area (TPSA) is 35.6 Å². The number of hydrogen-bond acceptors (Lipinski definition) is 3. The van der Waals surface area contributed by atoms with E-state index < -0.39 is 0 Å². The summed E-state index contributed by atoms with van der Waals surface area (Å²) in [6.45, 7) is 9.94. The van der Waals surface area contributed by atoms with Crippen LogP contribution >= 0.6 is 0 Å². The summed E-state index contributed by atoms with van der Waals surface area (Å²) in [6.07, 6.45) is 4.38. The van der Waals surface area contributed by atoms with Crippen molar-refractivity contribution in [1.82, 2.24) is 15.1 Å². The summed E-state index contributed by atoms with van der Waals surface area (Å²) >= 11 is 0. The van der Waals surface area contributed by atoms with E-state index >= 15 is 0 Å². The van der Waals surface area contributed by atoms with Gasteiger partial charge in [-0.2, -0.15) is 0 Å². The molecular weight excluding hydrogens is 214 g/mol. The molecule has 0 aliphatic carbocycles. The van der Waals surface area contributed by atoms with Crippen molar-refractivity contribution in [3.63, 3.8) is 0 Å². The highest BCUT2D eigenvalue weighted by Crippen LogP contribution is 2.17. The first kappa shape index (κ1) is 12.6. The fraction of sp³-hybridized carbons (Fsp3) is 0.769. The number of nitrogens with one attached hydrogen (secondary N) is 1. The minimum atomic E-state index is 0.294. The molecule has 0 spiro atoms. The molecule has 2 aliphatic heterocycles. The van der Waals surface area contributed by atoms with Crippen LogP contribution < -0.4 is 5.32 Å². The Kier molecular flexibility index (Phi) is 4.57. The molecule has 2 aliphatic rings. The largest absolute Gasteiger partial charge is 0.341 e. The summed E-state index contributed by atoms with van der Waals surface area (Å²) in [5.41, 5.74) is 0. The number of piperazine rings is 1. The first-order chi connectivity index (χ1) is 8.31. The summed E-state index contributed by atoms with van der Waals surface area (Å²) in [6, 6.07) is 0.588. The maximum atomic E-state index is 11.9. The van der Waals surface area contributed by atoms with Crippen molar-refractivity contribution in [2.24, 2.45) is 0 Å². The van der Waals surface area contributed by atoms with E-state index in [0.717, 1.165) is 52.1 Å². The SMILES string of the molecule is C=CCCC(=O)N1CCC(N2CCNCC2)C1. The summed E-state index contributed by atoms with van der Waals surface area (Å²) in [5.74, 6) is 0.294. The Morgan fingerprint density at radius 2 is 2.12 bits per heavy atom. The number of carbonyl (C=O) groups is 1. The molecule has 0 bridgehead atoms. The normalized spacial score (nSPS) is 26.1. The average Bonchev–Trinajstić information content (AvgIpc) is 2.86. The monoisotopic (exact) mass is 237 g/mol. The fourth-order valence-electron chi connectivity index (χ4n) is 2.70. The fourth-order valence-corrected chi connectivity index (χ4v) is 2.70. The van der Waals surface area contributed by atoms with Crippen molar-refractivity contribution in [2.75, 3.05) is 39.3 Å². The van der Waals surface area contributed by atoms with Gasteiger partial charge < -0.3 is 10.2 Å². The number of nitrogens with zero attached hydrogens (tertiary/aromatic N) is 2. The van der Waals surface area contributed by atoms with Gasteiger partial charge in [-0.1, -0.05) is 6.08 Å². The molecule has 0 radical (unpaired) electrons. The van der Waals surface area contributed by atoms with Crippen molar-refractivity contribution >= 4 is 5.91 Å². The Morgan fingerprint density at radius 1 is 1.35 bits per heavy atom. The van der Waals surface area contributed by atoms with Crippen LogP contribution in [0.5, 0.6) is 0 Å². The highest BCUT2D eigenvalue weighted by atomic mass is 16.2. The number of carbonyl (C=O) groups excluding carboxylic acids is 1. The van der Waals surface area contributed by atoms with Gasteiger partial charge in [0.05, 0.1) is 0 Å².